The van der Waals surface area contributed by atoms with Crippen molar-refractivity contribution in [1.29, 1.82) is 0 Å². The Balaban J connectivity index is 2.10. The third kappa shape index (κ3) is 3.95. The number of benzene rings is 2. The summed E-state index contributed by atoms with van der Waals surface area (Å²) in [4.78, 5) is 10.4. The minimum Gasteiger partial charge on any atom is -0.486 e. The van der Waals surface area contributed by atoms with E-state index in [4.69, 9.17) is 9.84 Å². The highest BCUT2D eigenvalue weighted by Gasteiger charge is 2.04. The van der Waals surface area contributed by atoms with Gasteiger partial charge in [0.05, 0.1) is 0 Å². The van der Waals surface area contributed by atoms with Gasteiger partial charge in [0.15, 0.2) is 11.6 Å². The predicted molar refractivity (Wildman–Crippen MR) is 73.8 cm³/mol. The number of ether oxygens (including phenoxy) is 1. The van der Waals surface area contributed by atoms with Crippen LogP contribution in [-0.4, -0.2) is 11.1 Å². The van der Waals surface area contributed by atoms with Crippen LogP contribution < -0.4 is 4.74 Å². The Labute approximate surface area is 115 Å². The van der Waals surface area contributed by atoms with E-state index in [9.17, 15) is 9.18 Å². The van der Waals surface area contributed by atoms with Crippen LogP contribution >= 0.6 is 0 Å². The Hall–Kier alpha value is -2.62. The SMILES string of the molecule is O=C(O)C=Cc1ccc(F)c(OCc2ccccc2)c1. The molecule has 0 heterocycles. The Morgan fingerprint density at radius 3 is 2.65 bits per heavy atom. The quantitative estimate of drug-likeness (QED) is 0.847. The van der Waals surface area contributed by atoms with Gasteiger partial charge in [-0.1, -0.05) is 36.4 Å². The van der Waals surface area contributed by atoms with Gasteiger partial charge in [0.25, 0.3) is 0 Å². The van der Waals surface area contributed by atoms with Crippen molar-refractivity contribution in [2.24, 2.45) is 0 Å². The molecule has 0 atom stereocenters. The largest absolute Gasteiger partial charge is 0.486 e. The van der Waals surface area contributed by atoms with Crippen LogP contribution in [0.5, 0.6) is 5.75 Å². The van der Waals surface area contributed by atoms with Crippen molar-refractivity contribution in [2.75, 3.05) is 0 Å². The van der Waals surface area contributed by atoms with Gasteiger partial charge in [0.1, 0.15) is 6.61 Å². The summed E-state index contributed by atoms with van der Waals surface area (Å²) >= 11 is 0. The molecule has 0 aliphatic carbocycles. The number of hydrogen-bond acceptors (Lipinski definition) is 2. The maximum absolute atomic E-state index is 13.6. The number of aliphatic carboxylic acids is 1. The van der Waals surface area contributed by atoms with E-state index in [1.54, 1.807) is 0 Å². The van der Waals surface area contributed by atoms with Gasteiger partial charge in [0.2, 0.25) is 0 Å². The number of carboxylic acid groups (broad SMARTS) is 1. The van der Waals surface area contributed by atoms with Gasteiger partial charge in [-0.25, -0.2) is 9.18 Å². The fraction of sp³-hybridized carbons (Fsp3) is 0.0625. The van der Waals surface area contributed by atoms with E-state index >= 15 is 0 Å². The monoisotopic (exact) mass is 272 g/mol. The van der Waals surface area contributed by atoms with Crippen LogP contribution in [0.15, 0.2) is 54.6 Å². The maximum atomic E-state index is 13.6. The van der Waals surface area contributed by atoms with Crippen molar-refractivity contribution in [3.63, 3.8) is 0 Å². The molecule has 2 aromatic carbocycles. The summed E-state index contributed by atoms with van der Waals surface area (Å²) in [5, 5.41) is 8.56. The number of carboxylic acids is 1. The van der Waals surface area contributed by atoms with Crippen molar-refractivity contribution in [2.45, 2.75) is 6.61 Å². The first kappa shape index (κ1) is 13.8. The Kier molecular flexibility index (Phi) is 4.50. The molecule has 3 nitrogen and oxygen atoms in total. The summed E-state index contributed by atoms with van der Waals surface area (Å²) in [7, 11) is 0. The Morgan fingerprint density at radius 2 is 1.95 bits per heavy atom. The molecule has 0 aliphatic rings. The fourth-order valence-electron chi connectivity index (χ4n) is 1.64. The summed E-state index contributed by atoms with van der Waals surface area (Å²) in [5.74, 6) is -1.43. The molecule has 0 radical (unpaired) electrons. The average Bonchev–Trinajstić information content (AvgIpc) is 2.46. The molecule has 0 unspecified atom stereocenters. The second-order valence-electron chi connectivity index (χ2n) is 4.14. The second kappa shape index (κ2) is 6.52. The third-order valence-electron chi connectivity index (χ3n) is 2.61. The zero-order valence-electron chi connectivity index (χ0n) is 10.6. The molecule has 0 spiro atoms. The normalized spacial score (nSPS) is 10.7. The summed E-state index contributed by atoms with van der Waals surface area (Å²) in [6.07, 6.45) is 2.38. The first-order valence-electron chi connectivity index (χ1n) is 6.02. The van der Waals surface area contributed by atoms with Crippen LogP contribution in [-0.2, 0) is 11.4 Å². The van der Waals surface area contributed by atoms with Gasteiger partial charge in [-0.05, 0) is 29.3 Å². The van der Waals surface area contributed by atoms with Crippen molar-refractivity contribution in [1.82, 2.24) is 0 Å². The van der Waals surface area contributed by atoms with Gasteiger partial charge < -0.3 is 9.84 Å². The number of hydrogen-bond donors (Lipinski definition) is 1. The molecule has 0 bridgehead atoms. The molecule has 0 aromatic heterocycles. The molecule has 0 aliphatic heterocycles. The zero-order valence-corrected chi connectivity index (χ0v) is 10.6. The van der Waals surface area contributed by atoms with E-state index < -0.39 is 11.8 Å². The van der Waals surface area contributed by atoms with Crippen LogP contribution in [0.1, 0.15) is 11.1 Å². The van der Waals surface area contributed by atoms with Gasteiger partial charge in [-0.15, -0.1) is 0 Å². The molecule has 0 saturated heterocycles. The van der Waals surface area contributed by atoms with Crippen LogP contribution in [0.2, 0.25) is 0 Å². The standard InChI is InChI=1S/C16H13FO3/c17-14-8-6-12(7-9-16(18)19)10-15(14)20-11-13-4-2-1-3-5-13/h1-10H,11H2,(H,18,19). The lowest BCUT2D eigenvalue weighted by atomic mass is 10.2. The van der Waals surface area contributed by atoms with Crippen molar-refractivity contribution in [3.8, 4) is 5.75 Å². The first-order chi connectivity index (χ1) is 9.65. The first-order valence-corrected chi connectivity index (χ1v) is 6.02. The van der Waals surface area contributed by atoms with E-state index in [-0.39, 0.29) is 12.4 Å². The van der Waals surface area contributed by atoms with Crippen molar-refractivity contribution in [3.05, 3.63) is 71.6 Å². The fourth-order valence-corrected chi connectivity index (χ4v) is 1.64. The van der Waals surface area contributed by atoms with Gasteiger partial charge >= 0.3 is 5.97 Å². The third-order valence-corrected chi connectivity index (χ3v) is 2.61. The highest BCUT2D eigenvalue weighted by Crippen LogP contribution is 2.21. The molecule has 0 fully saturated rings. The molecule has 20 heavy (non-hydrogen) atoms. The van der Waals surface area contributed by atoms with Gasteiger partial charge in [0, 0.05) is 6.08 Å². The van der Waals surface area contributed by atoms with Crippen molar-refractivity contribution >= 4 is 12.0 Å². The summed E-state index contributed by atoms with van der Waals surface area (Å²) in [6, 6.07) is 13.6. The highest BCUT2D eigenvalue weighted by molar-refractivity contribution is 5.85. The minimum atomic E-state index is -1.05. The van der Waals surface area contributed by atoms with Crippen LogP contribution in [0.25, 0.3) is 6.08 Å². The Morgan fingerprint density at radius 1 is 1.20 bits per heavy atom. The molecule has 1 N–H and O–H groups in total. The predicted octanol–water partition coefficient (Wildman–Crippen LogP) is 3.50. The zero-order chi connectivity index (χ0) is 14.4. The van der Waals surface area contributed by atoms with E-state index in [0.29, 0.717) is 5.56 Å². The van der Waals surface area contributed by atoms with Crippen molar-refractivity contribution < 1.29 is 19.0 Å². The van der Waals surface area contributed by atoms with Crippen LogP contribution in [0.4, 0.5) is 4.39 Å². The Bertz CT molecular complexity index is 621. The molecule has 102 valence electrons. The average molecular weight is 272 g/mol. The smallest absolute Gasteiger partial charge is 0.328 e. The second-order valence-corrected chi connectivity index (χ2v) is 4.14. The number of rotatable bonds is 5. The molecule has 4 heteroatoms. The summed E-state index contributed by atoms with van der Waals surface area (Å²) in [6.45, 7) is 0.254. The lowest BCUT2D eigenvalue weighted by Crippen LogP contribution is -1.97. The number of halogens is 1. The topological polar surface area (TPSA) is 46.5 Å². The highest BCUT2D eigenvalue weighted by atomic mass is 19.1. The van der Waals surface area contributed by atoms with Crippen LogP contribution in [0.3, 0.4) is 0 Å². The molecule has 2 aromatic rings. The lowest BCUT2D eigenvalue weighted by molar-refractivity contribution is -0.131. The molecule has 2 rings (SSSR count). The van der Waals surface area contributed by atoms with Crippen LogP contribution in [0, 0.1) is 5.82 Å². The van der Waals surface area contributed by atoms with Gasteiger partial charge in [-0.3, -0.25) is 0 Å². The molecular formula is C16H13FO3. The summed E-state index contributed by atoms with van der Waals surface area (Å²) in [5.41, 5.74) is 1.50. The number of carbonyl (C=O) groups is 1. The van der Waals surface area contributed by atoms with E-state index in [0.717, 1.165) is 11.6 Å². The van der Waals surface area contributed by atoms with E-state index in [2.05, 4.69) is 0 Å². The lowest BCUT2D eigenvalue weighted by Gasteiger charge is -2.08. The van der Waals surface area contributed by atoms with Gasteiger partial charge in [-0.2, -0.15) is 0 Å². The van der Waals surface area contributed by atoms with E-state index in [1.165, 1.54) is 24.3 Å². The molecule has 0 amide bonds. The van der Waals surface area contributed by atoms with E-state index in [1.807, 2.05) is 30.3 Å². The minimum absolute atomic E-state index is 0.0985. The summed E-state index contributed by atoms with van der Waals surface area (Å²) < 4.78 is 19.0. The molecule has 0 saturated carbocycles. The molecular weight excluding hydrogens is 259 g/mol. The maximum Gasteiger partial charge on any atom is 0.328 e.